The molecular formula is C59H37N3. The van der Waals surface area contributed by atoms with E-state index in [-0.39, 0.29) is 0 Å². The lowest BCUT2D eigenvalue weighted by molar-refractivity contribution is 0.777. The Balaban J connectivity index is 1.13. The lowest BCUT2D eigenvalue weighted by Gasteiger charge is -2.34. The van der Waals surface area contributed by atoms with Gasteiger partial charge in [0.1, 0.15) is 0 Å². The Hall–Kier alpha value is -8.14. The summed E-state index contributed by atoms with van der Waals surface area (Å²) < 4.78 is 2.53. The van der Waals surface area contributed by atoms with Crippen LogP contribution in [0.1, 0.15) is 33.4 Å². The van der Waals surface area contributed by atoms with E-state index in [1.807, 2.05) is 24.3 Å². The van der Waals surface area contributed by atoms with E-state index in [2.05, 4.69) is 205 Å². The van der Waals surface area contributed by atoms with Crippen LogP contribution < -0.4 is 0 Å². The third-order valence-corrected chi connectivity index (χ3v) is 13.2. The molecule has 0 saturated carbocycles. The minimum Gasteiger partial charge on any atom is -0.308 e. The van der Waals surface area contributed by atoms with Crippen LogP contribution in [0.4, 0.5) is 0 Å². The number of aromatic nitrogens is 3. The zero-order valence-electron chi connectivity index (χ0n) is 33.7. The summed E-state index contributed by atoms with van der Waals surface area (Å²) in [5.41, 5.74) is 20.9. The van der Waals surface area contributed by atoms with Crippen LogP contribution in [0.3, 0.4) is 0 Å². The predicted molar refractivity (Wildman–Crippen MR) is 256 cm³/mol. The van der Waals surface area contributed by atoms with E-state index in [1.165, 1.54) is 60.8 Å². The van der Waals surface area contributed by atoms with Gasteiger partial charge in [-0.3, -0.25) is 0 Å². The molecule has 3 heterocycles. The van der Waals surface area contributed by atoms with E-state index in [0.29, 0.717) is 0 Å². The number of fused-ring (bicyclic) bond motifs is 9. The monoisotopic (exact) mass is 787 g/mol. The molecule has 13 rings (SSSR count). The van der Waals surface area contributed by atoms with E-state index in [1.54, 1.807) is 0 Å². The van der Waals surface area contributed by atoms with Gasteiger partial charge in [0.15, 0.2) is 0 Å². The fraction of sp³-hybridized carbons (Fsp3) is 0.0169. The topological polar surface area (TPSA) is 30.7 Å². The SMILES string of the molecule is C1=Cc2ccc(C3(c4ccccc4)c4ccccc4-c4ccccc43)c3c4ccc(-c5ccccc5-c5nc6ccccc6nc5-c5ccccc5)cc4n(c23)-c2ccccc21. The van der Waals surface area contributed by atoms with Gasteiger partial charge in [-0.1, -0.05) is 200 Å². The molecule has 0 spiro atoms. The number of nitrogens with zero attached hydrogens (tertiary/aromatic N) is 3. The highest BCUT2D eigenvalue weighted by Gasteiger charge is 2.47. The molecule has 0 bridgehead atoms. The lowest BCUT2D eigenvalue weighted by atomic mass is 9.66. The Morgan fingerprint density at radius 2 is 0.968 bits per heavy atom. The van der Waals surface area contributed by atoms with Crippen molar-refractivity contribution in [2.24, 2.45) is 0 Å². The Bertz CT molecular complexity index is 3590. The van der Waals surface area contributed by atoms with Gasteiger partial charge in [0.05, 0.1) is 44.6 Å². The molecule has 0 radical (unpaired) electrons. The van der Waals surface area contributed by atoms with Crippen molar-refractivity contribution in [2.75, 3.05) is 0 Å². The molecule has 1 aliphatic carbocycles. The second kappa shape index (κ2) is 13.4. The van der Waals surface area contributed by atoms with Gasteiger partial charge < -0.3 is 4.57 Å². The highest BCUT2D eigenvalue weighted by molar-refractivity contribution is 6.17. The van der Waals surface area contributed by atoms with Crippen molar-refractivity contribution in [3.05, 3.63) is 246 Å². The standard InChI is InChI=1S/C59H37N3/c1-3-18-39(19-4-1)56-57(61-52-29-15-14-28-51(52)60-56)46-25-9-8-22-43(46)41-33-35-47-54(37-41)62-53-30-16-7-17-38(53)31-32-40-34-36-50(55(47)58(40)62)59(42-20-5-2-6-21-42)48-26-12-10-23-44(48)45-24-11-13-27-49(45)59/h1-37H. The Labute approximate surface area is 359 Å². The third-order valence-electron chi connectivity index (χ3n) is 13.2. The predicted octanol–water partition coefficient (Wildman–Crippen LogP) is 14.6. The first kappa shape index (κ1) is 34.7. The van der Waals surface area contributed by atoms with Crippen LogP contribution in [-0.4, -0.2) is 14.5 Å². The molecule has 0 amide bonds. The van der Waals surface area contributed by atoms with Gasteiger partial charge >= 0.3 is 0 Å². The van der Waals surface area contributed by atoms with Crippen LogP contribution in [0.2, 0.25) is 0 Å². The molecule has 9 aromatic carbocycles. The van der Waals surface area contributed by atoms with Crippen molar-refractivity contribution < 1.29 is 0 Å². The van der Waals surface area contributed by atoms with Gasteiger partial charge in [0, 0.05) is 21.9 Å². The number of hydrogen-bond acceptors (Lipinski definition) is 2. The van der Waals surface area contributed by atoms with E-state index >= 15 is 0 Å². The summed E-state index contributed by atoms with van der Waals surface area (Å²) in [5.74, 6) is 0. The van der Waals surface area contributed by atoms with Crippen LogP contribution in [0.5, 0.6) is 0 Å². The molecule has 0 N–H and O–H groups in total. The molecule has 0 unspecified atom stereocenters. The van der Waals surface area contributed by atoms with Crippen molar-refractivity contribution in [1.82, 2.24) is 14.5 Å². The summed E-state index contributed by atoms with van der Waals surface area (Å²) in [7, 11) is 0. The second-order valence-corrected chi connectivity index (χ2v) is 16.4. The Kier molecular flexibility index (Phi) is 7.52. The summed E-state index contributed by atoms with van der Waals surface area (Å²) in [6.07, 6.45) is 4.58. The molecule has 3 heteroatoms. The van der Waals surface area contributed by atoms with Crippen LogP contribution in [0.25, 0.3) is 95.4 Å². The van der Waals surface area contributed by atoms with Crippen molar-refractivity contribution in [3.63, 3.8) is 0 Å². The van der Waals surface area contributed by atoms with Gasteiger partial charge in [-0.05, 0) is 79.9 Å². The molecule has 2 aromatic heterocycles. The third kappa shape index (κ3) is 4.88. The molecule has 288 valence electrons. The van der Waals surface area contributed by atoms with E-state index < -0.39 is 5.41 Å². The molecule has 2 aliphatic rings. The lowest BCUT2D eigenvalue weighted by Crippen LogP contribution is -2.29. The van der Waals surface area contributed by atoms with E-state index in [9.17, 15) is 0 Å². The Morgan fingerprint density at radius 1 is 0.387 bits per heavy atom. The van der Waals surface area contributed by atoms with E-state index in [0.717, 1.165) is 55.9 Å². The van der Waals surface area contributed by atoms with Crippen molar-refractivity contribution >= 4 is 45.0 Å². The molecule has 11 aromatic rings. The highest BCUT2D eigenvalue weighted by Crippen LogP contribution is 2.58. The van der Waals surface area contributed by atoms with Gasteiger partial charge in [0.2, 0.25) is 0 Å². The number of rotatable bonds is 5. The van der Waals surface area contributed by atoms with E-state index in [4.69, 9.17) is 9.97 Å². The van der Waals surface area contributed by atoms with Gasteiger partial charge in [0.25, 0.3) is 0 Å². The largest absolute Gasteiger partial charge is 0.308 e. The fourth-order valence-corrected chi connectivity index (χ4v) is 10.7. The van der Waals surface area contributed by atoms with Crippen LogP contribution in [-0.2, 0) is 5.41 Å². The minimum absolute atomic E-state index is 0.560. The number of benzene rings is 9. The summed E-state index contributed by atoms with van der Waals surface area (Å²) in [4.78, 5) is 10.6. The van der Waals surface area contributed by atoms with Crippen molar-refractivity contribution in [1.29, 1.82) is 0 Å². The number of hydrogen-bond donors (Lipinski definition) is 0. The van der Waals surface area contributed by atoms with Gasteiger partial charge in [-0.25, -0.2) is 9.97 Å². The normalized spacial score (nSPS) is 13.2. The first-order valence-electron chi connectivity index (χ1n) is 21.3. The molecule has 0 saturated heterocycles. The van der Waals surface area contributed by atoms with Crippen LogP contribution in [0.15, 0.2) is 212 Å². The molecule has 1 aliphatic heterocycles. The first-order valence-corrected chi connectivity index (χ1v) is 21.3. The Morgan fingerprint density at radius 3 is 1.71 bits per heavy atom. The molecule has 62 heavy (non-hydrogen) atoms. The van der Waals surface area contributed by atoms with Crippen LogP contribution in [0, 0.1) is 0 Å². The molecule has 0 fully saturated rings. The summed E-state index contributed by atoms with van der Waals surface area (Å²) in [5, 5.41) is 2.48. The highest BCUT2D eigenvalue weighted by atomic mass is 15.0. The molecule has 0 atom stereocenters. The quantitative estimate of drug-likeness (QED) is 0.174. The second-order valence-electron chi connectivity index (χ2n) is 16.4. The van der Waals surface area contributed by atoms with Crippen LogP contribution >= 0.6 is 0 Å². The fourth-order valence-electron chi connectivity index (χ4n) is 10.7. The maximum Gasteiger partial charge on any atom is 0.0979 e. The van der Waals surface area contributed by atoms with Crippen molar-refractivity contribution in [3.8, 4) is 50.5 Å². The zero-order chi connectivity index (χ0) is 40.8. The average Bonchev–Trinajstić information content (AvgIpc) is 3.78. The molecular weight excluding hydrogens is 751 g/mol. The zero-order valence-corrected chi connectivity index (χ0v) is 33.7. The summed E-state index contributed by atoms with van der Waals surface area (Å²) in [6.45, 7) is 0. The first-order chi connectivity index (χ1) is 30.8. The molecule has 3 nitrogen and oxygen atoms in total. The minimum atomic E-state index is -0.560. The van der Waals surface area contributed by atoms with Gasteiger partial charge in [-0.2, -0.15) is 0 Å². The van der Waals surface area contributed by atoms with Gasteiger partial charge in [-0.15, -0.1) is 0 Å². The summed E-state index contributed by atoms with van der Waals surface area (Å²) >= 11 is 0. The maximum atomic E-state index is 5.35. The summed E-state index contributed by atoms with van der Waals surface area (Å²) in [6, 6.07) is 77.2. The van der Waals surface area contributed by atoms with Crippen molar-refractivity contribution in [2.45, 2.75) is 5.41 Å². The maximum absolute atomic E-state index is 5.35. The number of para-hydroxylation sites is 3. The average molecular weight is 788 g/mol. The smallest absolute Gasteiger partial charge is 0.0979 e.